The first-order valence-electron chi connectivity index (χ1n) is 7.19. The number of hydrogen-bond donors (Lipinski definition) is 1. The van der Waals surface area contributed by atoms with Crippen LogP contribution in [-0.2, 0) is 0 Å². The third-order valence-corrected chi connectivity index (χ3v) is 4.99. The molecule has 0 saturated heterocycles. The van der Waals surface area contributed by atoms with Gasteiger partial charge in [-0.25, -0.2) is 4.39 Å². The molecule has 1 aromatic rings. The molecular weight excluding hydrogens is 319 g/mol. The molecule has 1 N–H and O–H groups in total. The van der Waals surface area contributed by atoms with Gasteiger partial charge in [0.15, 0.2) is 5.82 Å². The van der Waals surface area contributed by atoms with Crippen molar-refractivity contribution in [1.29, 1.82) is 5.26 Å². The van der Waals surface area contributed by atoms with E-state index in [0.29, 0.717) is 29.1 Å². The van der Waals surface area contributed by atoms with Gasteiger partial charge in [-0.3, -0.25) is 0 Å². The molecule has 0 bridgehead atoms. The molecule has 1 aromatic carbocycles. The number of nitrogens with zero attached hydrogens (tertiary/aromatic N) is 1. The highest BCUT2D eigenvalue weighted by Crippen LogP contribution is 2.34. The minimum Gasteiger partial charge on any atom is -0.380 e. The number of nitrogens with one attached hydrogen (secondary N) is 1. The minimum atomic E-state index is -0.364. The zero-order chi connectivity index (χ0) is 14.7. The molecule has 0 aromatic heterocycles. The maximum absolute atomic E-state index is 14.3. The molecule has 1 aliphatic rings. The topological polar surface area (TPSA) is 35.8 Å². The summed E-state index contributed by atoms with van der Waals surface area (Å²) >= 11 is 3.16. The van der Waals surface area contributed by atoms with Crippen LogP contribution in [0.5, 0.6) is 0 Å². The SMILES string of the molecule is CC(C)C1CCCCC1Nc1ccc(C#N)c(Br)c1F. The minimum absolute atomic E-state index is 0.252. The lowest BCUT2D eigenvalue weighted by Crippen LogP contribution is -2.35. The standard InChI is InChI=1S/C16H20BrFN2/c1-10(2)12-5-3-4-6-13(12)20-14-8-7-11(9-19)15(17)16(14)18/h7-8,10,12-13,20H,3-6H2,1-2H3. The van der Waals surface area contributed by atoms with Gasteiger partial charge in [0, 0.05) is 6.04 Å². The second-order valence-corrected chi connectivity index (χ2v) is 6.64. The summed E-state index contributed by atoms with van der Waals surface area (Å²) in [6.45, 7) is 4.46. The van der Waals surface area contributed by atoms with Crippen molar-refractivity contribution >= 4 is 21.6 Å². The molecule has 2 nitrogen and oxygen atoms in total. The Balaban J connectivity index is 2.21. The average Bonchev–Trinajstić information content (AvgIpc) is 2.44. The lowest BCUT2D eigenvalue weighted by Gasteiger charge is -2.35. The monoisotopic (exact) mass is 338 g/mol. The normalized spacial score (nSPS) is 22.6. The highest BCUT2D eigenvalue weighted by Gasteiger charge is 2.28. The summed E-state index contributed by atoms with van der Waals surface area (Å²) in [4.78, 5) is 0. The van der Waals surface area contributed by atoms with Crippen molar-refractivity contribution in [2.75, 3.05) is 5.32 Å². The van der Waals surface area contributed by atoms with Crippen molar-refractivity contribution in [2.45, 2.75) is 45.6 Å². The van der Waals surface area contributed by atoms with Gasteiger partial charge < -0.3 is 5.32 Å². The predicted molar refractivity (Wildman–Crippen MR) is 83.0 cm³/mol. The number of benzene rings is 1. The lowest BCUT2D eigenvalue weighted by atomic mass is 9.78. The van der Waals surface area contributed by atoms with Gasteiger partial charge in [0.1, 0.15) is 6.07 Å². The molecule has 2 unspecified atom stereocenters. The van der Waals surface area contributed by atoms with Crippen molar-refractivity contribution in [2.24, 2.45) is 11.8 Å². The third kappa shape index (κ3) is 3.15. The van der Waals surface area contributed by atoms with Crippen LogP contribution in [0, 0.1) is 29.0 Å². The first-order chi connectivity index (χ1) is 9.54. The van der Waals surface area contributed by atoms with Gasteiger partial charge in [0.2, 0.25) is 0 Å². The van der Waals surface area contributed by atoms with E-state index in [1.54, 1.807) is 12.1 Å². The maximum atomic E-state index is 14.3. The van der Waals surface area contributed by atoms with E-state index in [1.165, 1.54) is 19.3 Å². The van der Waals surface area contributed by atoms with Crippen LogP contribution in [0.25, 0.3) is 0 Å². The van der Waals surface area contributed by atoms with E-state index in [0.717, 1.165) is 6.42 Å². The lowest BCUT2D eigenvalue weighted by molar-refractivity contribution is 0.253. The van der Waals surface area contributed by atoms with Gasteiger partial charge in [-0.1, -0.05) is 26.7 Å². The van der Waals surface area contributed by atoms with E-state index < -0.39 is 0 Å². The molecule has 1 aliphatic carbocycles. The fourth-order valence-corrected chi connectivity index (χ4v) is 3.52. The van der Waals surface area contributed by atoms with Crippen LogP contribution in [0.15, 0.2) is 16.6 Å². The molecule has 2 rings (SSSR count). The second-order valence-electron chi connectivity index (χ2n) is 5.84. The van der Waals surface area contributed by atoms with Crippen LogP contribution in [0.2, 0.25) is 0 Å². The number of halogens is 2. The largest absolute Gasteiger partial charge is 0.380 e. The molecule has 20 heavy (non-hydrogen) atoms. The number of rotatable bonds is 3. The van der Waals surface area contributed by atoms with Crippen LogP contribution >= 0.6 is 15.9 Å². The Kier molecular flexibility index (Phi) is 5.04. The summed E-state index contributed by atoms with van der Waals surface area (Å²) in [6, 6.07) is 5.62. The summed E-state index contributed by atoms with van der Waals surface area (Å²) in [5.41, 5.74) is 0.825. The van der Waals surface area contributed by atoms with Crippen molar-refractivity contribution in [3.63, 3.8) is 0 Å². The summed E-state index contributed by atoms with van der Waals surface area (Å²) < 4.78 is 14.5. The Morgan fingerprint density at radius 2 is 2.05 bits per heavy atom. The molecular formula is C16H20BrFN2. The van der Waals surface area contributed by atoms with Crippen LogP contribution in [0.1, 0.15) is 45.1 Å². The first kappa shape index (κ1) is 15.3. The molecule has 0 radical (unpaired) electrons. The van der Waals surface area contributed by atoms with E-state index in [4.69, 9.17) is 5.26 Å². The smallest absolute Gasteiger partial charge is 0.161 e. The number of nitriles is 1. The van der Waals surface area contributed by atoms with Crippen molar-refractivity contribution < 1.29 is 4.39 Å². The Morgan fingerprint density at radius 1 is 1.35 bits per heavy atom. The Labute approximate surface area is 128 Å². The Hall–Kier alpha value is -1.08. The molecule has 0 spiro atoms. The van der Waals surface area contributed by atoms with Crippen molar-refractivity contribution in [3.8, 4) is 6.07 Å². The fraction of sp³-hybridized carbons (Fsp3) is 0.562. The molecule has 1 fully saturated rings. The van der Waals surface area contributed by atoms with Crippen molar-refractivity contribution in [1.82, 2.24) is 0 Å². The third-order valence-electron chi connectivity index (χ3n) is 4.22. The molecule has 0 heterocycles. The molecule has 4 heteroatoms. The van der Waals surface area contributed by atoms with E-state index in [2.05, 4.69) is 35.1 Å². The van der Waals surface area contributed by atoms with Gasteiger partial charge >= 0.3 is 0 Å². The summed E-state index contributed by atoms with van der Waals surface area (Å²) in [5, 5.41) is 12.3. The summed E-state index contributed by atoms with van der Waals surface area (Å²) in [7, 11) is 0. The van der Waals surface area contributed by atoms with Gasteiger partial charge in [-0.15, -0.1) is 0 Å². The highest BCUT2D eigenvalue weighted by atomic mass is 79.9. The van der Waals surface area contributed by atoms with E-state index in [-0.39, 0.29) is 10.3 Å². The molecule has 108 valence electrons. The Morgan fingerprint density at radius 3 is 2.70 bits per heavy atom. The van der Waals surface area contributed by atoms with Crippen LogP contribution in [0.3, 0.4) is 0 Å². The Bertz CT molecular complexity index is 522. The quantitative estimate of drug-likeness (QED) is 0.833. The van der Waals surface area contributed by atoms with Crippen LogP contribution in [-0.4, -0.2) is 6.04 Å². The maximum Gasteiger partial charge on any atom is 0.161 e. The van der Waals surface area contributed by atoms with E-state index in [1.807, 2.05) is 6.07 Å². The van der Waals surface area contributed by atoms with E-state index in [9.17, 15) is 4.39 Å². The summed E-state index contributed by atoms with van der Waals surface area (Å²) in [6.07, 6.45) is 4.74. The van der Waals surface area contributed by atoms with Gasteiger partial charge in [0.05, 0.1) is 15.7 Å². The average molecular weight is 339 g/mol. The first-order valence-corrected chi connectivity index (χ1v) is 7.98. The summed E-state index contributed by atoms with van der Waals surface area (Å²) in [5.74, 6) is 0.812. The zero-order valence-electron chi connectivity index (χ0n) is 11.9. The number of hydrogen-bond acceptors (Lipinski definition) is 2. The van der Waals surface area contributed by atoms with Gasteiger partial charge in [0.25, 0.3) is 0 Å². The second kappa shape index (κ2) is 6.58. The zero-order valence-corrected chi connectivity index (χ0v) is 13.5. The molecule has 0 aliphatic heterocycles. The van der Waals surface area contributed by atoms with Crippen LogP contribution in [0.4, 0.5) is 10.1 Å². The predicted octanol–water partition coefficient (Wildman–Crippen LogP) is 5.09. The molecule has 0 amide bonds. The van der Waals surface area contributed by atoms with Crippen molar-refractivity contribution in [3.05, 3.63) is 28.0 Å². The fourth-order valence-electron chi connectivity index (χ4n) is 3.08. The number of anilines is 1. The van der Waals surface area contributed by atoms with E-state index >= 15 is 0 Å². The van der Waals surface area contributed by atoms with Gasteiger partial charge in [-0.2, -0.15) is 5.26 Å². The molecule has 1 saturated carbocycles. The van der Waals surface area contributed by atoms with Gasteiger partial charge in [-0.05, 0) is 52.7 Å². The van der Waals surface area contributed by atoms with Crippen LogP contribution < -0.4 is 5.32 Å². The molecule has 2 atom stereocenters. The highest BCUT2D eigenvalue weighted by molar-refractivity contribution is 9.10.